The molecule has 0 spiro atoms. The number of hydrogen-bond donors (Lipinski definition) is 0. The molecular weight excluding hydrogens is 378 g/mol. The van der Waals surface area contributed by atoms with Crippen molar-refractivity contribution in [1.29, 1.82) is 5.26 Å². The molecule has 1 fully saturated rings. The third kappa shape index (κ3) is 2.92. The van der Waals surface area contributed by atoms with E-state index in [-0.39, 0.29) is 5.91 Å². The Kier molecular flexibility index (Phi) is 4.29. The summed E-state index contributed by atoms with van der Waals surface area (Å²) < 4.78 is 1.98. The van der Waals surface area contributed by atoms with E-state index in [0.29, 0.717) is 37.3 Å². The van der Waals surface area contributed by atoms with Crippen LogP contribution >= 0.6 is 0 Å². The Labute approximate surface area is 173 Å². The van der Waals surface area contributed by atoms with Crippen molar-refractivity contribution < 1.29 is 4.79 Å². The summed E-state index contributed by atoms with van der Waals surface area (Å²) in [5.74, 6) is 1.53. The molecule has 148 valence electrons. The van der Waals surface area contributed by atoms with Crippen LogP contribution in [0.4, 0.5) is 5.95 Å². The number of benzene rings is 2. The van der Waals surface area contributed by atoms with Crippen LogP contribution in [0.2, 0.25) is 0 Å². The van der Waals surface area contributed by atoms with Gasteiger partial charge < -0.3 is 9.80 Å². The fourth-order valence-corrected chi connectivity index (χ4v) is 3.92. The van der Waals surface area contributed by atoms with Crippen molar-refractivity contribution in [3.8, 4) is 6.07 Å². The van der Waals surface area contributed by atoms with E-state index in [1.165, 1.54) is 0 Å². The molecule has 0 saturated carbocycles. The molecule has 1 aliphatic heterocycles. The highest BCUT2D eigenvalue weighted by Gasteiger charge is 2.25. The Morgan fingerprint density at radius 3 is 2.63 bits per heavy atom. The number of amides is 1. The molecule has 4 aromatic rings. The molecule has 8 heteroatoms. The summed E-state index contributed by atoms with van der Waals surface area (Å²) in [6.07, 6.45) is 0. The van der Waals surface area contributed by atoms with E-state index in [9.17, 15) is 4.79 Å². The first-order valence-corrected chi connectivity index (χ1v) is 9.80. The van der Waals surface area contributed by atoms with Crippen LogP contribution in [0.25, 0.3) is 16.6 Å². The predicted molar refractivity (Wildman–Crippen MR) is 112 cm³/mol. The number of carbonyl (C=O) groups excluding carboxylic acids is 1. The first-order valence-electron chi connectivity index (χ1n) is 9.80. The molecule has 0 N–H and O–H groups in total. The number of nitrogens with zero attached hydrogens (tertiary/aromatic N) is 7. The Bertz CT molecular complexity index is 1310. The van der Waals surface area contributed by atoms with Crippen LogP contribution in [0.5, 0.6) is 0 Å². The molecule has 2 aromatic heterocycles. The predicted octanol–water partition coefficient (Wildman–Crippen LogP) is 2.42. The number of piperazine rings is 1. The summed E-state index contributed by atoms with van der Waals surface area (Å²) in [5, 5.41) is 18.7. The van der Waals surface area contributed by atoms with Gasteiger partial charge >= 0.3 is 0 Å². The maximum Gasteiger partial charge on any atom is 0.254 e. The zero-order valence-electron chi connectivity index (χ0n) is 16.5. The topological polar surface area (TPSA) is 90.4 Å². The minimum Gasteiger partial charge on any atom is -0.338 e. The number of aryl methyl sites for hydroxylation is 1. The van der Waals surface area contributed by atoms with Gasteiger partial charge in [0.05, 0.1) is 17.1 Å². The molecule has 0 bridgehead atoms. The van der Waals surface area contributed by atoms with Gasteiger partial charge in [-0.2, -0.15) is 5.26 Å². The minimum atomic E-state index is -0.0520. The maximum atomic E-state index is 12.9. The van der Waals surface area contributed by atoms with Crippen molar-refractivity contribution in [2.45, 2.75) is 6.92 Å². The van der Waals surface area contributed by atoms with Gasteiger partial charge in [0.25, 0.3) is 5.91 Å². The summed E-state index contributed by atoms with van der Waals surface area (Å²) in [6, 6.07) is 16.8. The highest BCUT2D eigenvalue weighted by molar-refractivity contribution is 5.95. The van der Waals surface area contributed by atoms with Gasteiger partial charge in [0.1, 0.15) is 5.82 Å². The van der Waals surface area contributed by atoms with Gasteiger partial charge in [-0.15, -0.1) is 10.2 Å². The second kappa shape index (κ2) is 7.12. The third-order valence-electron chi connectivity index (χ3n) is 5.48. The molecule has 1 saturated heterocycles. The molecule has 1 amide bonds. The lowest BCUT2D eigenvalue weighted by molar-refractivity contribution is 0.0746. The van der Waals surface area contributed by atoms with Crippen molar-refractivity contribution in [2.75, 3.05) is 31.1 Å². The Morgan fingerprint density at radius 2 is 1.83 bits per heavy atom. The van der Waals surface area contributed by atoms with Crippen molar-refractivity contribution in [1.82, 2.24) is 24.5 Å². The van der Waals surface area contributed by atoms with Crippen LogP contribution in [-0.2, 0) is 0 Å². The van der Waals surface area contributed by atoms with Crippen LogP contribution < -0.4 is 4.90 Å². The standard InChI is InChI=1S/C22H19N7O/c1-15-25-26-20-18-7-2-3-8-19(18)24-22(29(15)20)28-11-9-27(10-12-28)21(30)17-6-4-5-16(13-17)14-23/h2-8,13H,9-12H2,1H3. The largest absolute Gasteiger partial charge is 0.338 e. The fraction of sp³-hybridized carbons (Fsp3) is 0.227. The van der Waals surface area contributed by atoms with E-state index < -0.39 is 0 Å². The molecule has 8 nitrogen and oxygen atoms in total. The molecular formula is C22H19N7O. The van der Waals surface area contributed by atoms with Gasteiger partial charge in [0, 0.05) is 37.1 Å². The number of fused-ring (bicyclic) bond motifs is 3. The monoisotopic (exact) mass is 397 g/mol. The van der Waals surface area contributed by atoms with Crippen LogP contribution in [0.15, 0.2) is 48.5 Å². The zero-order chi connectivity index (χ0) is 20.7. The zero-order valence-corrected chi connectivity index (χ0v) is 16.5. The summed E-state index contributed by atoms with van der Waals surface area (Å²) >= 11 is 0. The fourth-order valence-electron chi connectivity index (χ4n) is 3.92. The maximum absolute atomic E-state index is 12.9. The van der Waals surface area contributed by atoms with Gasteiger partial charge in [0.2, 0.25) is 5.95 Å². The quantitative estimate of drug-likeness (QED) is 0.516. The lowest BCUT2D eigenvalue weighted by atomic mass is 10.1. The number of rotatable bonds is 2. The second-order valence-electron chi connectivity index (χ2n) is 7.31. The van der Waals surface area contributed by atoms with E-state index >= 15 is 0 Å². The van der Waals surface area contributed by atoms with Crippen LogP contribution in [0.3, 0.4) is 0 Å². The second-order valence-corrected chi connectivity index (χ2v) is 7.31. The van der Waals surface area contributed by atoms with Crippen LogP contribution in [0, 0.1) is 18.3 Å². The van der Waals surface area contributed by atoms with E-state index in [0.717, 1.165) is 28.3 Å². The van der Waals surface area contributed by atoms with Crippen LogP contribution in [0.1, 0.15) is 21.7 Å². The van der Waals surface area contributed by atoms with Crippen molar-refractivity contribution in [2.24, 2.45) is 0 Å². The first-order chi connectivity index (χ1) is 14.7. The normalized spacial score (nSPS) is 14.3. The number of aromatic nitrogens is 4. The molecule has 0 aliphatic carbocycles. The van der Waals surface area contributed by atoms with Gasteiger partial charge in [-0.25, -0.2) is 9.38 Å². The van der Waals surface area contributed by atoms with Gasteiger partial charge in [-0.3, -0.25) is 4.79 Å². The van der Waals surface area contributed by atoms with Crippen molar-refractivity contribution >= 4 is 28.4 Å². The Morgan fingerprint density at radius 1 is 1.03 bits per heavy atom. The lowest BCUT2D eigenvalue weighted by Gasteiger charge is -2.35. The van der Waals surface area contributed by atoms with Crippen molar-refractivity contribution in [3.05, 3.63) is 65.5 Å². The summed E-state index contributed by atoms with van der Waals surface area (Å²) in [6.45, 7) is 4.38. The number of hydrogen-bond acceptors (Lipinski definition) is 6. The highest BCUT2D eigenvalue weighted by atomic mass is 16.2. The van der Waals surface area contributed by atoms with E-state index in [4.69, 9.17) is 10.2 Å². The van der Waals surface area contributed by atoms with Gasteiger partial charge in [-0.1, -0.05) is 18.2 Å². The van der Waals surface area contributed by atoms with E-state index in [2.05, 4.69) is 21.2 Å². The average Bonchev–Trinajstić information content (AvgIpc) is 3.20. The Balaban J connectivity index is 1.43. The molecule has 0 atom stereocenters. The summed E-state index contributed by atoms with van der Waals surface area (Å²) in [4.78, 5) is 21.7. The van der Waals surface area contributed by atoms with E-state index in [1.54, 1.807) is 24.3 Å². The molecule has 3 heterocycles. The first kappa shape index (κ1) is 18.1. The highest BCUT2D eigenvalue weighted by Crippen LogP contribution is 2.25. The average molecular weight is 397 g/mol. The molecule has 1 aliphatic rings. The molecule has 2 aromatic carbocycles. The van der Waals surface area contributed by atoms with Gasteiger partial charge in [-0.05, 0) is 37.3 Å². The SMILES string of the molecule is Cc1nnc2c3ccccc3nc(N3CCN(C(=O)c4cccc(C#N)c4)CC3)n12. The molecule has 30 heavy (non-hydrogen) atoms. The number of anilines is 1. The van der Waals surface area contributed by atoms with Crippen LogP contribution in [-0.4, -0.2) is 56.6 Å². The minimum absolute atomic E-state index is 0.0520. The lowest BCUT2D eigenvalue weighted by Crippen LogP contribution is -2.49. The van der Waals surface area contributed by atoms with E-state index in [1.807, 2.05) is 40.5 Å². The Hall–Kier alpha value is -3.99. The van der Waals surface area contributed by atoms with Gasteiger partial charge in [0.15, 0.2) is 5.65 Å². The number of nitriles is 1. The number of para-hydroxylation sites is 1. The molecule has 0 unspecified atom stereocenters. The van der Waals surface area contributed by atoms with Crippen molar-refractivity contribution in [3.63, 3.8) is 0 Å². The smallest absolute Gasteiger partial charge is 0.254 e. The molecule has 5 rings (SSSR count). The third-order valence-corrected chi connectivity index (χ3v) is 5.48. The summed E-state index contributed by atoms with van der Waals surface area (Å²) in [5.41, 5.74) is 2.70. The number of carbonyl (C=O) groups is 1. The summed E-state index contributed by atoms with van der Waals surface area (Å²) in [7, 11) is 0. The molecule has 0 radical (unpaired) electrons.